The van der Waals surface area contributed by atoms with E-state index in [0.717, 1.165) is 0 Å². The number of hydrogen-bond donors (Lipinski definition) is 0. The predicted octanol–water partition coefficient (Wildman–Crippen LogP) is 2.04. The Morgan fingerprint density at radius 1 is 1.13 bits per heavy atom. The lowest BCUT2D eigenvalue weighted by Crippen LogP contribution is -2.07. The number of carbonyl (C=O) groups excluding carboxylic acids is 2. The van der Waals surface area contributed by atoms with E-state index in [4.69, 9.17) is 0 Å². The molecule has 5 heteroatoms. The molecule has 0 radical (unpaired) electrons. The Morgan fingerprint density at radius 2 is 1.67 bits per heavy atom. The normalized spacial score (nSPS) is 9.80. The summed E-state index contributed by atoms with van der Waals surface area (Å²) in [5.41, 5.74) is -1.24. The molecule has 0 aliphatic carbocycles. The summed E-state index contributed by atoms with van der Waals surface area (Å²) in [6.45, 7) is 3.04. The van der Waals surface area contributed by atoms with Crippen molar-refractivity contribution >= 4 is 12.1 Å². The summed E-state index contributed by atoms with van der Waals surface area (Å²) in [4.78, 5) is 21.4. The van der Waals surface area contributed by atoms with Crippen LogP contribution >= 0.6 is 0 Å². The van der Waals surface area contributed by atoms with Gasteiger partial charge in [0.2, 0.25) is 0 Å². The van der Waals surface area contributed by atoms with E-state index >= 15 is 0 Å². The maximum Gasteiger partial charge on any atom is 0.198 e. The Labute approximate surface area is 83.0 Å². The van der Waals surface area contributed by atoms with Gasteiger partial charge in [0.05, 0.1) is 11.1 Å². The van der Waals surface area contributed by atoms with E-state index in [2.05, 4.69) is 6.58 Å². The van der Waals surface area contributed by atoms with Gasteiger partial charge < -0.3 is 0 Å². The summed E-state index contributed by atoms with van der Waals surface area (Å²) >= 11 is 0. The fraction of sp³-hybridized carbons (Fsp3) is 0. The minimum absolute atomic E-state index is 0.114. The zero-order valence-corrected chi connectivity index (χ0v) is 7.39. The molecule has 0 bridgehead atoms. The molecule has 78 valence electrons. The second-order valence-electron chi connectivity index (χ2n) is 2.72. The number of carbonyl (C=O) groups is 2. The van der Waals surface area contributed by atoms with Crippen molar-refractivity contribution in [1.82, 2.24) is 0 Å². The number of Topliss-reactive ketones (excluding diaryl/α,β-unsaturated/α-hetero) is 1. The van der Waals surface area contributed by atoms with Crippen molar-refractivity contribution in [3.63, 3.8) is 0 Å². The van der Waals surface area contributed by atoms with Crippen LogP contribution in [0.1, 0.15) is 10.4 Å². The van der Waals surface area contributed by atoms with Crippen LogP contribution in [-0.4, -0.2) is 12.1 Å². The molecule has 0 N–H and O–H groups in total. The van der Waals surface area contributed by atoms with E-state index in [1.807, 2.05) is 0 Å². The molecule has 0 unspecified atom stereocenters. The van der Waals surface area contributed by atoms with Gasteiger partial charge in [-0.05, 0) is 6.07 Å². The zero-order valence-electron chi connectivity index (χ0n) is 7.39. The maximum absolute atomic E-state index is 13.0. The van der Waals surface area contributed by atoms with Crippen LogP contribution in [0, 0.1) is 17.5 Å². The average molecular weight is 214 g/mol. The van der Waals surface area contributed by atoms with Crippen LogP contribution < -0.4 is 0 Å². The predicted molar refractivity (Wildman–Crippen MR) is 45.9 cm³/mol. The van der Waals surface area contributed by atoms with Crippen LogP contribution in [0.5, 0.6) is 0 Å². The van der Waals surface area contributed by atoms with Gasteiger partial charge in [0.15, 0.2) is 23.7 Å². The Balaban J connectivity index is 3.26. The minimum atomic E-state index is -1.40. The van der Waals surface area contributed by atoms with Gasteiger partial charge in [0, 0.05) is 6.07 Å². The molecular formula is C10H5F3O2. The fourth-order valence-corrected chi connectivity index (χ4v) is 0.923. The van der Waals surface area contributed by atoms with Gasteiger partial charge in [-0.2, -0.15) is 0 Å². The number of allylic oxidation sites excluding steroid dienone is 1. The summed E-state index contributed by atoms with van der Waals surface area (Å²) < 4.78 is 38.2. The highest BCUT2D eigenvalue weighted by Crippen LogP contribution is 2.16. The Hall–Kier alpha value is -1.91. The first kappa shape index (κ1) is 11.2. The molecule has 0 saturated carbocycles. The van der Waals surface area contributed by atoms with E-state index in [1.165, 1.54) is 0 Å². The first-order valence-corrected chi connectivity index (χ1v) is 3.80. The molecule has 1 aromatic carbocycles. The third-order valence-electron chi connectivity index (χ3n) is 1.69. The molecule has 0 heterocycles. The van der Waals surface area contributed by atoms with Crippen molar-refractivity contribution in [3.8, 4) is 0 Å². The molecule has 0 atom stereocenters. The standard InChI is InChI=1S/C10H5F3O2/c1-5(4-14)10(15)6-2-8(12)9(13)3-7(6)11/h2-4H,1H2. The van der Waals surface area contributed by atoms with Gasteiger partial charge in [-0.3, -0.25) is 9.59 Å². The van der Waals surface area contributed by atoms with Gasteiger partial charge >= 0.3 is 0 Å². The first-order chi connectivity index (χ1) is 6.97. The average Bonchev–Trinajstić information content (AvgIpc) is 2.21. The van der Waals surface area contributed by atoms with Crippen molar-refractivity contribution < 1.29 is 22.8 Å². The van der Waals surface area contributed by atoms with Crippen LogP contribution in [0.2, 0.25) is 0 Å². The van der Waals surface area contributed by atoms with Gasteiger partial charge in [-0.25, -0.2) is 13.2 Å². The Morgan fingerprint density at radius 3 is 2.20 bits per heavy atom. The summed E-state index contributed by atoms with van der Waals surface area (Å²) in [6, 6.07) is 0.627. The van der Waals surface area contributed by atoms with Crippen molar-refractivity contribution in [2.75, 3.05) is 0 Å². The summed E-state index contributed by atoms with van der Waals surface area (Å²) in [5.74, 6) is -5.07. The van der Waals surface area contributed by atoms with E-state index in [-0.39, 0.29) is 12.4 Å². The van der Waals surface area contributed by atoms with Gasteiger partial charge in [-0.15, -0.1) is 0 Å². The summed E-state index contributed by atoms with van der Waals surface area (Å²) in [6.07, 6.45) is 0.114. The van der Waals surface area contributed by atoms with E-state index < -0.39 is 34.4 Å². The third kappa shape index (κ3) is 2.12. The van der Waals surface area contributed by atoms with Gasteiger partial charge in [0.1, 0.15) is 5.82 Å². The van der Waals surface area contributed by atoms with Crippen molar-refractivity contribution in [2.45, 2.75) is 0 Å². The van der Waals surface area contributed by atoms with Gasteiger partial charge in [-0.1, -0.05) is 6.58 Å². The van der Waals surface area contributed by atoms with Crippen LogP contribution in [-0.2, 0) is 4.79 Å². The van der Waals surface area contributed by atoms with Crippen LogP contribution in [0.15, 0.2) is 24.3 Å². The molecule has 1 rings (SSSR count). The van der Waals surface area contributed by atoms with Crippen LogP contribution in [0.3, 0.4) is 0 Å². The number of rotatable bonds is 3. The van der Waals surface area contributed by atoms with E-state index in [9.17, 15) is 22.8 Å². The lowest BCUT2D eigenvalue weighted by atomic mass is 10.0. The highest BCUT2D eigenvalue weighted by molar-refractivity contribution is 6.19. The van der Waals surface area contributed by atoms with Crippen molar-refractivity contribution in [2.24, 2.45) is 0 Å². The molecule has 0 amide bonds. The fourth-order valence-electron chi connectivity index (χ4n) is 0.923. The number of ketones is 1. The summed E-state index contributed by atoms with van der Waals surface area (Å²) in [5, 5.41) is 0. The van der Waals surface area contributed by atoms with Crippen molar-refractivity contribution in [1.29, 1.82) is 0 Å². The molecular weight excluding hydrogens is 209 g/mol. The maximum atomic E-state index is 13.0. The molecule has 0 aliphatic heterocycles. The van der Waals surface area contributed by atoms with Gasteiger partial charge in [0.25, 0.3) is 0 Å². The topological polar surface area (TPSA) is 34.1 Å². The highest BCUT2D eigenvalue weighted by Gasteiger charge is 2.17. The lowest BCUT2D eigenvalue weighted by Gasteiger charge is -2.01. The second-order valence-corrected chi connectivity index (χ2v) is 2.72. The molecule has 0 fully saturated rings. The third-order valence-corrected chi connectivity index (χ3v) is 1.69. The Kier molecular flexibility index (Phi) is 3.04. The number of hydrogen-bond acceptors (Lipinski definition) is 2. The van der Waals surface area contributed by atoms with Crippen LogP contribution in [0.4, 0.5) is 13.2 Å². The minimum Gasteiger partial charge on any atom is -0.298 e. The Bertz CT molecular complexity index is 452. The lowest BCUT2D eigenvalue weighted by molar-refractivity contribution is -0.104. The summed E-state index contributed by atoms with van der Waals surface area (Å²) in [7, 11) is 0. The smallest absolute Gasteiger partial charge is 0.198 e. The SMILES string of the molecule is C=C(C=O)C(=O)c1cc(F)c(F)cc1F. The molecule has 15 heavy (non-hydrogen) atoms. The number of benzene rings is 1. The van der Waals surface area contributed by atoms with E-state index in [0.29, 0.717) is 6.07 Å². The molecule has 0 aromatic heterocycles. The molecule has 1 aromatic rings. The first-order valence-electron chi connectivity index (χ1n) is 3.80. The number of halogens is 3. The van der Waals surface area contributed by atoms with Crippen molar-refractivity contribution in [3.05, 3.63) is 47.3 Å². The molecule has 0 aliphatic rings. The zero-order chi connectivity index (χ0) is 11.6. The second kappa shape index (κ2) is 4.08. The highest BCUT2D eigenvalue weighted by atomic mass is 19.2. The van der Waals surface area contributed by atoms with E-state index in [1.54, 1.807) is 0 Å². The molecule has 0 saturated heterocycles. The molecule has 2 nitrogen and oxygen atoms in total. The number of aldehydes is 1. The largest absolute Gasteiger partial charge is 0.298 e. The monoisotopic (exact) mass is 214 g/mol. The van der Waals surface area contributed by atoms with Crippen LogP contribution in [0.25, 0.3) is 0 Å². The quantitative estimate of drug-likeness (QED) is 0.193. The molecule has 0 spiro atoms.